The number of anilines is 1. The Morgan fingerprint density at radius 2 is 2.17 bits per heavy atom. The molecule has 1 aromatic rings. The van der Waals surface area contributed by atoms with Gasteiger partial charge in [0, 0.05) is 24.5 Å². The zero-order chi connectivity index (χ0) is 13.7. The van der Waals surface area contributed by atoms with Gasteiger partial charge in [-0.15, -0.1) is 0 Å². The van der Waals surface area contributed by atoms with Crippen LogP contribution in [0.2, 0.25) is 0 Å². The highest BCUT2D eigenvalue weighted by Crippen LogP contribution is 2.25. The lowest BCUT2D eigenvalue weighted by Crippen LogP contribution is -2.34. The van der Waals surface area contributed by atoms with Crippen LogP contribution in [0.5, 0.6) is 0 Å². The molecule has 0 spiro atoms. The molecular formula is C14H21N3S. The van der Waals surface area contributed by atoms with Gasteiger partial charge in [0.25, 0.3) is 0 Å². The van der Waals surface area contributed by atoms with Crippen LogP contribution in [0.15, 0.2) is 6.07 Å². The molecule has 0 amide bonds. The monoisotopic (exact) mass is 263 g/mol. The van der Waals surface area contributed by atoms with Crippen LogP contribution in [0.25, 0.3) is 0 Å². The Bertz CT molecular complexity index is 451. The minimum absolute atomic E-state index is 0.452. The van der Waals surface area contributed by atoms with Gasteiger partial charge in [-0.3, -0.25) is 4.98 Å². The Morgan fingerprint density at radius 3 is 2.67 bits per heavy atom. The van der Waals surface area contributed by atoms with Crippen molar-refractivity contribution in [2.24, 2.45) is 0 Å². The molecule has 1 heterocycles. The first-order chi connectivity index (χ1) is 8.54. The van der Waals surface area contributed by atoms with Crippen LogP contribution in [0.1, 0.15) is 30.3 Å². The zero-order valence-corrected chi connectivity index (χ0v) is 12.6. The van der Waals surface area contributed by atoms with Gasteiger partial charge in [-0.25, -0.2) is 0 Å². The van der Waals surface area contributed by atoms with Gasteiger partial charge in [-0.05, 0) is 32.6 Å². The summed E-state index contributed by atoms with van der Waals surface area (Å²) in [6.45, 7) is 6.06. The van der Waals surface area contributed by atoms with E-state index in [2.05, 4.69) is 36.2 Å². The number of hydrogen-bond donors (Lipinski definition) is 0. The van der Waals surface area contributed by atoms with E-state index in [9.17, 15) is 5.26 Å². The Labute approximate surface area is 114 Å². The number of thioether (sulfide) groups is 1. The molecule has 0 radical (unpaired) electrons. The minimum atomic E-state index is 0.452. The molecule has 3 nitrogen and oxygen atoms in total. The van der Waals surface area contributed by atoms with Gasteiger partial charge in [0.15, 0.2) is 0 Å². The summed E-state index contributed by atoms with van der Waals surface area (Å²) in [6.07, 6.45) is 3.19. The van der Waals surface area contributed by atoms with Gasteiger partial charge in [0.05, 0.1) is 16.9 Å². The molecule has 0 bridgehead atoms. The fraction of sp³-hybridized carbons (Fsp3) is 0.571. The molecule has 0 N–H and O–H groups in total. The van der Waals surface area contributed by atoms with Crippen molar-refractivity contribution in [2.75, 3.05) is 24.0 Å². The van der Waals surface area contributed by atoms with Gasteiger partial charge >= 0.3 is 0 Å². The molecule has 1 aromatic heterocycles. The standard InChI is InChI=1S/C14H21N3S/c1-6-12(9-18-5)17(4)14-7-10(2)16-11(3)13(14)8-15/h7,12H,6,9H2,1-5H3. The molecule has 4 heteroatoms. The smallest absolute Gasteiger partial charge is 0.103 e. The average molecular weight is 263 g/mol. The summed E-state index contributed by atoms with van der Waals surface area (Å²) in [5.74, 6) is 1.07. The minimum Gasteiger partial charge on any atom is -0.370 e. The van der Waals surface area contributed by atoms with Crippen molar-refractivity contribution in [1.82, 2.24) is 4.98 Å². The Hall–Kier alpha value is -1.21. The van der Waals surface area contributed by atoms with Crippen molar-refractivity contribution in [3.63, 3.8) is 0 Å². The van der Waals surface area contributed by atoms with E-state index < -0.39 is 0 Å². The van der Waals surface area contributed by atoms with E-state index in [-0.39, 0.29) is 0 Å². The lowest BCUT2D eigenvalue weighted by Gasteiger charge is -2.30. The van der Waals surface area contributed by atoms with Crippen molar-refractivity contribution in [2.45, 2.75) is 33.2 Å². The van der Waals surface area contributed by atoms with E-state index in [0.29, 0.717) is 11.6 Å². The fourth-order valence-electron chi connectivity index (χ4n) is 2.12. The highest BCUT2D eigenvalue weighted by Gasteiger charge is 2.18. The third kappa shape index (κ3) is 3.17. The van der Waals surface area contributed by atoms with E-state index in [1.165, 1.54) is 0 Å². The van der Waals surface area contributed by atoms with Crippen molar-refractivity contribution in [3.8, 4) is 6.07 Å². The number of aromatic nitrogens is 1. The lowest BCUT2D eigenvalue weighted by molar-refractivity contribution is 0.671. The molecule has 1 atom stereocenters. The largest absolute Gasteiger partial charge is 0.370 e. The van der Waals surface area contributed by atoms with Crippen LogP contribution in [0, 0.1) is 25.2 Å². The Morgan fingerprint density at radius 1 is 1.50 bits per heavy atom. The van der Waals surface area contributed by atoms with Crippen LogP contribution in [-0.4, -0.2) is 30.1 Å². The predicted molar refractivity (Wildman–Crippen MR) is 79.3 cm³/mol. The van der Waals surface area contributed by atoms with Crippen LogP contribution >= 0.6 is 11.8 Å². The summed E-state index contributed by atoms with van der Waals surface area (Å²) in [6, 6.07) is 4.74. The Kier molecular flexibility index (Phi) is 5.49. The fourth-order valence-corrected chi connectivity index (χ4v) is 2.96. The molecule has 0 aliphatic rings. The molecule has 18 heavy (non-hydrogen) atoms. The molecule has 98 valence electrons. The maximum atomic E-state index is 9.30. The first-order valence-electron chi connectivity index (χ1n) is 6.15. The third-order valence-electron chi connectivity index (χ3n) is 3.18. The van der Waals surface area contributed by atoms with Crippen molar-refractivity contribution in [3.05, 3.63) is 23.0 Å². The normalized spacial score (nSPS) is 12.0. The quantitative estimate of drug-likeness (QED) is 0.818. The summed E-state index contributed by atoms with van der Waals surface area (Å²) in [5, 5.41) is 9.30. The topological polar surface area (TPSA) is 39.9 Å². The number of pyridine rings is 1. The van der Waals surface area contributed by atoms with E-state index >= 15 is 0 Å². The maximum absolute atomic E-state index is 9.30. The van der Waals surface area contributed by atoms with Crippen LogP contribution in [0.3, 0.4) is 0 Å². The van der Waals surface area contributed by atoms with E-state index in [1.54, 1.807) is 0 Å². The number of hydrogen-bond acceptors (Lipinski definition) is 4. The van der Waals surface area contributed by atoms with Crippen molar-refractivity contribution in [1.29, 1.82) is 5.26 Å². The number of nitrogens with zero attached hydrogens (tertiary/aromatic N) is 3. The first kappa shape index (κ1) is 14.8. The van der Waals surface area contributed by atoms with Gasteiger partial charge in [0.2, 0.25) is 0 Å². The van der Waals surface area contributed by atoms with Crippen LogP contribution in [-0.2, 0) is 0 Å². The van der Waals surface area contributed by atoms with Crippen LogP contribution < -0.4 is 4.90 Å². The number of nitriles is 1. The molecule has 0 saturated heterocycles. The molecule has 0 saturated carbocycles. The highest BCUT2D eigenvalue weighted by molar-refractivity contribution is 7.98. The number of rotatable bonds is 5. The second-order valence-electron chi connectivity index (χ2n) is 4.48. The molecule has 1 unspecified atom stereocenters. The molecule has 0 fully saturated rings. The summed E-state index contributed by atoms with van der Waals surface area (Å²) in [7, 11) is 2.07. The molecule has 0 aliphatic carbocycles. The zero-order valence-electron chi connectivity index (χ0n) is 11.8. The van der Waals surface area contributed by atoms with E-state index in [4.69, 9.17) is 0 Å². The average Bonchev–Trinajstić information content (AvgIpc) is 2.34. The summed E-state index contributed by atoms with van der Waals surface area (Å²) in [4.78, 5) is 6.58. The van der Waals surface area contributed by atoms with E-state index in [0.717, 1.165) is 29.2 Å². The summed E-state index contributed by atoms with van der Waals surface area (Å²) < 4.78 is 0. The van der Waals surface area contributed by atoms with Gasteiger partial charge < -0.3 is 4.90 Å². The van der Waals surface area contributed by atoms with Gasteiger partial charge in [0.1, 0.15) is 6.07 Å². The van der Waals surface area contributed by atoms with Crippen LogP contribution in [0.4, 0.5) is 5.69 Å². The third-order valence-corrected chi connectivity index (χ3v) is 3.90. The Balaban J connectivity index is 3.19. The lowest BCUT2D eigenvalue weighted by atomic mass is 10.1. The second kappa shape index (κ2) is 6.65. The van der Waals surface area contributed by atoms with E-state index in [1.807, 2.05) is 31.7 Å². The first-order valence-corrected chi connectivity index (χ1v) is 7.54. The molecule has 0 aromatic carbocycles. The summed E-state index contributed by atoms with van der Waals surface area (Å²) in [5.41, 5.74) is 3.48. The highest BCUT2D eigenvalue weighted by atomic mass is 32.2. The molecule has 0 aliphatic heterocycles. The van der Waals surface area contributed by atoms with Gasteiger partial charge in [-0.2, -0.15) is 17.0 Å². The van der Waals surface area contributed by atoms with Crippen molar-refractivity contribution < 1.29 is 0 Å². The maximum Gasteiger partial charge on any atom is 0.103 e. The molecule has 1 rings (SSSR count). The van der Waals surface area contributed by atoms with Crippen molar-refractivity contribution >= 4 is 17.4 Å². The second-order valence-corrected chi connectivity index (χ2v) is 5.39. The summed E-state index contributed by atoms with van der Waals surface area (Å²) >= 11 is 1.84. The predicted octanol–water partition coefficient (Wildman–Crippen LogP) is 3.15. The SMILES string of the molecule is CCC(CSC)N(C)c1cc(C)nc(C)c1C#N. The molecular weight excluding hydrogens is 242 g/mol. The van der Waals surface area contributed by atoms with Gasteiger partial charge in [-0.1, -0.05) is 6.92 Å². The number of aryl methyl sites for hydroxylation is 2.